The summed E-state index contributed by atoms with van der Waals surface area (Å²) in [6, 6.07) is 26.9. The van der Waals surface area contributed by atoms with Crippen LogP contribution in [-0.2, 0) is 5.41 Å². The predicted molar refractivity (Wildman–Crippen MR) is 140 cm³/mol. The number of rotatable bonds is 5. The number of H-pyrrole nitrogens is 1. The van der Waals surface area contributed by atoms with Crippen LogP contribution in [0, 0.1) is 0 Å². The number of carbonyl (C=O) groups excluding carboxylic acids is 2. The molecule has 176 valence electrons. The first-order valence-corrected chi connectivity index (χ1v) is 11.3. The summed E-state index contributed by atoms with van der Waals surface area (Å²) in [5, 5.41) is 5.59. The van der Waals surface area contributed by atoms with Crippen LogP contribution in [0.3, 0.4) is 0 Å². The zero-order valence-electron chi connectivity index (χ0n) is 19.9. The molecule has 6 nitrogen and oxygen atoms in total. The fraction of sp³-hybridized carbons (Fsp3) is 0.138. The molecule has 0 atom stereocenters. The van der Waals surface area contributed by atoms with E-state index in [1.54, 1.807) is 42.5 Å². The number of anilines is 2. The predicted octanol–water partition coefficient (Wildman–Crippen LogP) is 5.84. The molecule has 0 aliphatic carbocycles. The van der Waals surface area contributed by atoms with E-state index in [4.69, 9.17) is 0 Å². The Kier molecular flexibility index (Phi) is 6.64. The van der Waals surface area contributed by atoms with Crippen LogP contribution >= 0.6 is 0 Å². The maximum atomic E-state index is 12.9. The molecule has 0 spiro atoms. The summed E-state index contributed by atoms with van der Waals surface area (Å²) in [5.41, 5.74) is 3.40. The van der Waals surface area contributed by atoms with E-state index in [1.165, 1.54) is 6.07 Å². The second-order valence-electron chi connectivity index (χ2n) is 9.26. The molecule has 6 heteroatoms. The van der Waals surface area contributed by atoms with Crippen molar-refractivity contribution in [3.8, 4) is 11.3 Å². The molecule has 0 aliphatic heterocycles. The molecule has 3 N–H and O–H groups in total. The lowest BCUT2D eigenvalue weighted by molar-refractivity contribution is 0.101. The third-order valence-electron chi connectivity index (χ3n) is 5.68. The minimum Gasteiger partial charge on any atom is -0.321 e. The monoisotopic (exact) mass is 465 g/mol. The van der Waals surface area contributed by atoms with E-state index in [0.717, 1.165) is 11.1 Å². The van der Waals surface area contributed by atoms with E-state index in [-0.39, 0.29) is 16.9 Å². The molecule has 0 saturated carbocycles. The van der Waals surface area contributed by atoms with Gasteiger partial charge in [0.25, 0.3) is 17.4 Å². The molecule has 1 aromatic heterocycles. The van der Waals surface area contributed by atoms with Gasteiger partial charge in [-0.15, -0.1) is 0 Å². The normalized spacial score (nSPS) is 11.1. The second kappa shape index (κ2) is 9.81. The smallest absolute Gasteiger partial charge is 0.261 e. The molecule has 35 heavy (non-hydrogen) atoms. The molecule has 0 bridgehead atoms. The Morgan fingerprint density at radius 1 is 0.686 bits per heavy atom. The van der Waals surface area contributed by atoms with Crippen LogP contribution in [0.2, 0.25) is 0 Å². The SMILES string of the molecule is CC(C)(C)c1ccc(C(=O)Nc2ccccc2NC(=O)c2ccc(-c3ccccc3)[nH]c2=O)cc1. The molecule has 0 fully saturated rings. The summed E-state index contributed by atoms with van der Waals surface area (Å²) in [5.74, 6) is -0.862. The number of hydrogen-bond donors (Lipinski definition) is 3. The molecule has 0 unspecified atom stereocenters. The standard InChI is InChI=1S/C29H27N3O3/c1-29(2,3)21-15-13-20(14-16-21)26(33)31-24-11-7-8-12-25(24)32-28(35)22-17-18-23(30-27(22)34)19-9-5-4-6-10-19/h4-18H,1-3H3,(H,30,34)(H,31,33)(H,32,35). The van der Waals surface area contributed by atoms with Gasteiger partial charge >= 0.3 is 0 Å². The minimum atomic E-state index is -0.568. The van der Waals surface area contributed by atoms with Crippen LogP contribution in [0.25, 0.3) is 11.3 Å². The maximum Gasteiger partial charge on any atom is 0.261 e. The minimum absolute atomic E-state index is 0.0109. The van der Waals surface area contributed by atoms with Crippen LogP contribution in [0.15, 0.2) is 95.8 Å². The lowest BCUT2D eigenvalue weighted by atomic mass is 9.87. The lowest BCUT2D eigenvalue weighted by Crippen LogP contribution is -2.24. The third-order valence-corrected chi connectivity index (χ3v) is 5.68. The fourth-order valence-electron chi connectivity index (χ4n) is 3.65. The number of aromatic amines is 1. The Morgan fingerprint density at radius 3 is 1.83 bits per heavy atom. The highest BCUT2D eigenvalue weighted by Crippen LogP contribution is 2.25. The zero-order chi connectivity index (χ0) is 25.0. The third kappa shape index (κ3) is 5.55. The molecule has 2 amide bonds. The van der Waals surface area contributed by atoms with Crippen LogP contribution in [0.1, 0.15) is 47.1 Å². The van der Waals surface area contributed by atoms with E-state index >= 15 is 0 Å². The number of carbonyl (C=O) groups is 2. The van der Waals surface area contributed by atoms with Gasteiger partial charge in [-0.2, -0.15) is 0 Å². The van der Waals surface area contributed by atoms with Crippen molar-refractivity contribution in [3.05, 3.63) is 118 Å². The number of para-hydroxylation sites is 2. The van der Waals surface area contributed by atoms with Gasteiger partial charge in [0.15, 0.2) is 0 Å². The Bertz CT molecular complexity index is 1420. The van der Waals surface area contributed by atoms with E-state index in [0.29, 0.717) is 22.6 Å². The average molecular weight is 466 g/mol. The van der Waals surface area contributed by atoms with E-state index in [2.05, 4.69) is 36.4 Å². The number of aromatic nitrogens is 1. The number of hydrogen-bond acceptors (Lipinski definition) is 3. The fourth-order valence-corrected chi connectivity index (χ4v) is 3.65. The quantitative estimate of drug-likeness (QED) is 0.346. The van der Waals surface area contributed by atoms with Gasteiger partial charge in [0.1, 0.15) is 5.56 Å². The van der Waals surface area contributed by atoms with Gasteiger partial charge in [-0.25, -0.2) is 0 Å². The van der Waals surface area contributed by atoms with E-state index in [9.17, 15) is 14.4 Å². The van der Waals surface area contributed by atoms with Crippen LogP contribution < -0.4 is 16.2 Å². The van der Waals surface area contributed by atoms with Crippen molar-refractivity contribution in [2.24, 2.45) is 0 Å². The topological polar surface area (TPSA) is 91.1 Å². The summed E-state index contributed by atoms with van der Waals surface area (Å²) in [6.45, 7) is 6.34. The number of benzene rings is 3. The van der Waals surface area contributed by atoms with Gasteiger partial charge in [0.2, 0.25) is 0 Å². The average Bonchev–Trinajstić information content (AvgIpc) is 2.85. The first kappa shape index (κ1) is 23.7. The highest BCUT2D eigenvalue weighted by atomic mass is 16.2. The first-order chi connectivity index (χ1) is 16.7. The van der Waals surface area contributed by atoms with E-state index < -0.39 is 11.5 Å². The summed E-state index contributed by atoms with van der Waals surface area (Å²) in [4.78, 5) is 41.1. The molecule has 0 aliphatic rings. The maximum absolute atomic E-state index is 12.9. The number of nitrogens with one attached hydrogen (secondary N) is 3. The van der Waals surface area contributed by atoms with Gasteiger partial charge in [0.05, 0.1) is 11.4 Å². The highest BCUT2D eigenvalue weighted by molar-refractivity contribution is 6.09. The van der Waals surface area contributed by atoms with Gasteiger partial charge in [-0.1, -0.05) is 75.4 Å². The van der Waals surface area contributed by atoms with Gasteiger partial charge in [-0.05, 0) is 52.9 Å². The lowest BCUT2D eigenvalue weighted by Gasteiger charge is -2.19. The summed E-state index contributed by atoms with van der Waals surface area (Å²) < 4.78 is 0. The Balaban J connectivity index is 1.51. The van der Waals surface area contributed by atoms with Crippen molar-refractivity contribution >= 4 is 23.2 Å². The number of amides is 2. The molecular weight excluding hydrogens is 438 g/mol. The van der Waals surface area contributed by atoms with Gasteiger partial charge < -0.3 is 15.6 Å². The summed E-state index contributed by atoms with van der Waals surface area (Å²) >= 11 is 0. The molecule has 0 radical (unpaired) electrons. The first-order valence-electron chi connectivity index (χ1n) is 11.3. The number of pyridine rings is 1. The largest absolute Gasteiger partial charge is 0.321 e. The Hall–Kier alpha value is -4.45. The zero-order valence-corrected chi connectivity index (χ0v) is 19.9. The second-order valence-corrected chi connectivity index (χ2v) is 9.26. The molecular formula is C29H27N3O3. The van der Waals surface area contributed by atoms with Gasteiger partial charge in [0, 0.05) is 11.3 Å². The highest BCUT2D eigenvalue weighted by Gasteiger charge is 2.17. The van der Waals surface area contributed by atoms with Crippen molar-refractivity contribution in [3.63, 3.8) is 0 Å². The molecule has 1 heterocycles. The van der Waals surface area contributed by atoms with Crippen molar-refractivity contribution < 1.29 is 9.59 Å². The van der Waals surface area contributed by atoms with Crippen molar-refractivity contribution in [2.75, 3.05) is 10.6 Å². The van der Waals surface area contributed by atoms with Crippen molar-refractivity contribution in [2.45, 2.75) is 26.2 Å². The molecule has 3 aromatic carbocycles. The van der Waals surface area contributed by atoms with Crippen LogP contribution in [-0.4, -0.2) is 16.8 Å². The Morgan fingerprint density at radius 2 is 1.26 bits per heavy atom. The molecule has 4 rings (SSSR count). The van der Waals surface area contributed by atoms with Gasteiger partial charge in [-0.3, -0.25) is 14.4 Å². The van der Waals surface area contributed by atoms with E-state index in [1.807, 2.05) is 42.5 Å². The van der Waals surface area contributed by atoms with Crippen molar-refractivity contribution in [1.29, 1.82) is 0 Å². The summed E-state index contributed by atoms with van der Waals surface area (Å²) in [6.07, 6.45) is 0. The Labute approximate surface area is 204 Å². The van der Waals surface area contributed by atoms with Crippen LogP contribution in [0.5, 0.6) is 0 Å². The molecule has 0 saturated heterocycles. The molecule has 4 aromatic rings. The van der Waals surface area contributed by atoms with Crippen LogP contribution in [0.4, 0.5) is 11.4 Å². The van der Waals surface area contributed by atoms with Crippen molar-refractivity contribution in [1.82, 2.24) is 4.98 Å². The summed E-state index contributed by atoms with van der Waals surface area (Å²) in [7, 11) is 0.